The first-order valence-electron chi connectivity index (χ1n) is 13.8. The zero-order chi connectivity index (χ0) is 30.6. The number of nitrogens with two attached hydrogens (primary N) is 1. The van der Waals surface area contributed by atoms with Gasteiger partial charge in [0, 0.05) is 31.2 Å². The van der Waals surface area contributed by atoms with Crippen LogP contribution in [0.15, 0.2) is 67.1 Å². The summed E-state index contributed by atoms with van der Waals surface area (Å²) < 4.78 is 0. The number of benzene rings is 2. The number of aromatic hydroxyl groups is 1. The topological polar surface area (TPSA) is 200 Å². The number of hydrogen-bond donors (Lipinski definition) is 7. The third-order valence-electron chi connectivity index (χ3n) is 7.03. The van der Waals surface area contributed by atoms with Crippen LogP contribution < -0.4 is 21.7 Å². The molecule has 0 aliphatic rings. The fraction of sp³-hybridized carbons (Fsp3) is 0.367. The summed E-state index contributed by atoms with van der Waals surface area (Å²) >= 11 is 0. The fourth-order valence-corrected chi connectivity index (χ4v) is 4.35. The zero-order valence-electron chi connectivity index (χ0n) is 23.6. The number of phenolic OH excluding ortho intramolecular Hbond substituents is 1. The fourth-order valence-electron chi connectivity index (χ4n) is 4.35. The average molecular weight is 579 g/mol. The number of phenols is 1. The molecule has 0 fully saturated rings. The van der Waals surface area contributed by atoms with Gasteiger partial charge in [-0.15, -0.1) is 0 Å². The van der Waals surface area contributed by atoms with E-state index in [0.29, 0.717) is 17.7 Å². The Morgan fingerprint density at radius 3 is 1.98 bits per heavy atom. The average Bonchev–Trinajstić information content (AvgIpc) is 3.49. The van der Waals surface area contributed by atoms with Crippen molar-refractivity contribution in [2.24, 2.45) is 11.7 Å². The standard InChI is InChI=1S/C30H38N6O6/c1-3-18(2)26(30(41)42)36-29(40)25(13-19-7-5-4-6-8-19)35-28(39)24(14-20-9-11-22(37)12-10-20)34-27(38)23(31)15-21-16-32-17-33-21/h4-12,16-18,23-26,37H,3,13-15,31H2,1-2H3,(H,32,33)(H,34,38)(H,35,39)(H,36,40)(H,41,42). The van der Waals surface area contributed by atoms with E-state index in [1.807, 2.05) is 13.0 Å². The summed E-state index contributed by atoms with van der Waals surface area (Å²) in [5.41, 5.74) is 8.13. The van der Waals surface area contributed by atoms with Gasteiger partial charge in [0.2, 0.25) is 17.7 Å². The summed E-state index contributed by atoms with van der Waals surface area (Å²) in [5.74, 6) is -3.39. The molecule has 1 aromatic heterocycles. The van der Waals surface area contributed by atoms with E-state index in [1.165, 1.54) is 18.5 Å². The van der Waals surface area contributed by atoms with Crippen molar-refractivity contribution in [3.8, 4) is 5.75 Å². The van der Waals surface area contributed by atoms with Crippen LogP contribution >= 0.6 is 0 Å². The molecular formula is C30H38N6O6. The molecular weight excluding hydrogens is 540 g/mol. The monoisotopic (exact) mass is 578 g/mol. The quantitative estimate of drug-likeness (QED) is 0.139. The summed E-state index contributed by atoms with van der Waals surface area (Å²) in [6.45, 7) is 3.54. The molecule has 42 heavy (non-hydrogen) atoms. The Morgan fingerprint density at radius 2 is 1.43 bits per heavy atom. The van der Waals surface area contributed by atoms with E-state index in [1.54, 1.807) is 49.5 Å². The number of carbonyl (C=O) groups is 4. The Balaban J connectivity index is 1.84. The molecule has 0 aliphatic carbocycles. The van der Waals surface area contributed by atoms with Crippen molar-refractivity contribution in [1.29, 1.82) is 0 Å². The first-order valence-corrected chi connectivity index (χ1v) is 13.8. The molecule has 2 aromatic carbocycles. The number of rotatable bonds is 15. The molecule has 12 heteroatoms. The number of carboxylic acid groups (broad SMARTS) is 1. The van der Waals surface area contributed by atoms with Crippen LogP contribution in [0.25, 0.3) is 0 Å². The van der Waals surface area contributed by atoms with Crippen molar-refractivity contribution < 1.29 is 29.4 Å². The number of hydrogen-bond acceptors (Lipinski definition) is 7. The number of carbonyl (C=O) groups excluding carboxylic acids is 3. The molecule has 0 saturated heterocycles. The highest BCUT2D eigenvalue weighted by atomic mass is 16.4. The lowest BCUT2D eigenvalue weighted by molar-refractivity contribution is -0.143. The van der Waals surface area contributed by atoms with Crippen LogP contribution in [0.5, 0.6) is 5.75 Å². The number of nitrogens with zero attached hydrogens (tertiary/aromatic N) is 1. The van der Waals surface area contributed by atoms with Crippen LogP contribution in [0.2, 0.25) is 0 Å². The number of aromatic amines is 1. The highest BCUT2D eigenvalue weighted by molar-refractivity contribution is 5.94. The van der Waals surface area contributed by atoms with Gasteiger partial charge in [-0.3, -0.25) is 14.4 Å². The molecule has 0 bridgehead atoms. The van der Waals surface area contributed by atoms with Gasteiger partial charge in [0.1, 0.15) is 23.9 Å². The Bertz CT molecular complexity index is 1320. The Hall–Kier alpha value is -4.71. The van der Waals surface area contributed by atoms with E-state index in [-0.39, 0.29) is 30.9 Å². The third kappa shape index (κ3) is 9.44. The molecule has 0 spiro atoms. The highest BCUT2D eigenvalue weighted by Crippen LogP contribution is 2.13. The number of aromatic nitrogens is 2. The zero-order valence-corrected chi connectivity index (χ0v) is 23.6. The van der Waals surface area contributed by atoms with Crippen LogP contribution in [-0.4, -0.2) is 68.0 Å². The first-order chi connectivity index (χ1) is 20.1. The van der Waals surface area contributed by atoms with E-state index in [9.17, 15) is 29.4 Å². The molecule has 3 rings (SSSR count). The maximum atomic E-state index is 13.7. The first kappa shape index (κ1) is 31.8. The van der Waals surface area contributed by atoms with Crippen molar-refractivity contribution in [3.63, 3.8) is 0 Å². The lowest BCUT2D eigenvalue weighted by Gasteiger charge is -2.27. The number of carboxylic acids is 1. The molecule has 5 unspecified atom stereocenters. The summed E-state index contributed by atoms with van der Waals surface area (Å²) in [6.07, 6.45) is 3.82. The van der Waals surface area contributed by atoms with Gasteiger partial charge in [0.15, 0.2) is 0 Å². The number of amides is 3. The Kier molecular flexibility index (Phi) is 11.6. The second kappa shape index (κ2) is 15.3. The smallest absolute Gasteiger partial charge is 0.326 e. The summed E-state index contributed by atoms with van der Waals surface area (Å²) in [5, 5.41) is 27.4. The summed E-state index contributed by atoms with van der Waals surface area (Å²) in [6, 6.07) is 10.7. The van der Waals surface area contributed by atoms with Gasteiger partial charge in [0.05, 0.1) is 12.4 Å². The number of imidazole rings is 1. The second-order valence-corrected chi connectivity index (χ2v) is 10.3. The van der Waals surface area contributed by atoms with Gasteiger partial charge in [-0.25, -0.2) is 9.78 Å². The third-order valence-corrected chi connectivity index (χ3v) is 7.03. The summed E-state index contributed by atoms with van der Waals surface area (Å²) in [4.78, 5) is 58.8. The minimum atomic E-state index is -1.17. The molecule has 12 nitrogen and oxygen atoms in total. The minimum Gasteiger partial charge on any atom is -0.508 e. The number of aliphatic carboxylic acids is 1. The predicted molar refractivity (Wildman–Crippen MR) is 155 cm³/mol. The van der Waals surface area contributed by atoms with Gasteiger partial charge >= 0.3 is 5.97 Å². The van der Waals surface area contributed by atoms with Gasteiger partial charge in [0.25, 0.3) is 0 Å². The van der Waals surface area contributed by atoms with E-state index in [4.69, 9.17) is 5.73 Å². The molecule has 0 saturated carbocycles. The molecule has 1 heterocycles. The number of nitrogens with one attached hydrogen (secondary N) is 4. The van der Waals surface area contributed by atoms with E-state index in [0.717, 1.165) is 5.56 Å². The lowest BCUT2D eigenvalue weighted by atomic mass is 9.97. The van der Waals surface area contributed by atoms with Crippen LogP contribution in [0.3, 0.4) is 0 Å². The Morgan fingerprint density at radius 1 is 0.857 bits per heavy atom. The van der Waals surface area contributed by atoms with Crippen molar-refractivity contribution in [1.82, 2.24) is 25.9 Å². The molecule has 3 aromatic rings. The predicted octanol–water partition coefficient (Wildman–Crippen LogP) is 1.06. The second-order valence-electron chi connectivity index (χ2n) is 10.3. The largest absolute Gasteiger partial charge is 0.508 e. The van der Waals surface area contributed by atoms with E-state index in [2.05, 4.69) is 25.9 Å². The highest BCUT2D eigenvalue weighted by Gasteiger charge is 2.32. The Labute approximate surface area is 244 Å². The maximum absolute atomic E-state index is 13.7. The van der Waals surface area contributed by atoms with E-state index >= 15 is 0 Å². The van der Waals surface area contributed by atoms with Crippen LogP contribution in [0, 0.1) is 5.92 Å². The van der Waals surface area contributed by atoms with Gasteiger partial charge < -0.3 is 36.9 Å². The van der Waals surface area contributed by atoms with Crippen molar-refractivity contribution in [2.45, 2.75) is 63.7 Å². The molecule has 8 N–H and O–H groups in total. The summed E-state index contributed by atoms with van der Waals surface area (Å²) in [7, 11) is 0. The van der Waals surface area contributed by atoms with Gasteiger partial charge in [-0.2, -0.15) is 0 Å². The maximum Gasteiger partial charge on any atom is 0.326 e. The van der Waals surface area contributed by atoms with Crippen molar-refractivity contribution >= 4 is 23.7 Å². The lowest BCUT2D eigenvalue weighted by Crippen LogP contribution is -2.58. The molecule has 3 amide bonds. The molecule has 0 aliphatic heterocycles. The minimum absolute atomic E-state index is 0.0406. The van der Waals surface area contributed by atoms with Crippen molar-refractivity contribution in [2.75, 3.05) is 0 Å². The van der Waals surface area contributed by atoms with Crippen LogP contribution in [-0.2, 0) is 38.4 Å². The van der Waals surface area contributed by atoms with Crippen LogP contribution in [0.1, 0.15) is 37.1 Å². The number of H-pyrrole nitrogens is 1. The van der Waals surface area contributed by atoms with Gasteiger partial charge in [-0.05, 0) is 29.2 Å². The molecule has 0 radical (unpaired) electrons. The SMILES string of the molecule is CCC(C)C(NC(=O)C(Cc1ccccc1)NC(=O)C(Cc1ccc(O)cc1)NC(=O)C(N)Cc1cnc[nH]1)C(=O)O. The van der Waals surface area contributed by atoms with Crippen LogP contribution in [0.4, 0.5) is 0 Å². The molecule has 224 valence electrons. The normalized spacial score (nSPS) is 14.5. The van der Waals surface area contributed by atoms with Gasteiger partial charge in [-0.1, -0.05) is 62.7 Å². The van der Waals surface area contributed by atoms with Crippen molar-refractivity contribution in [3.05, 3.63) is 83.9 Å². The molecule has 5 atom stereocenters. The van der Waals surface area contributed by atoms with E-state index < -0.39 is 47.9 Å².